The van der Waals surface area contributed by atoms with E-state index in [1.165, 1.54) is 25.8 Å². The average Bonchev–Trinajstić information content (AvgIpc) is 2.17. The lowest BCUT2D eigenvalue weighted by Gasteiger charge is -2.21. The summed E-state index contributed by atoms with van der Waals surface area (Å²) in [4.78, 5) is 0. The van der Waals surface area contributed by atoms with Crippen LogP contribution in [0.1, 0.15) is 33.1 Å². The van der Waals surface area contributed by atoms with E-state index in [1.54, 1.807) is 0 Å². The summed E-state index contributed by atoms with van der Waals surface area (Å²) in [6.45, 7) is 5.78. The third kappa shape index (κ3) is 2.15. The second-order valence-corrected chi connectivity index (χ2v) is 2.94. The van der Waals surface area contributed by atoms with Crippen LogP contribution in [-0.4, -0.2) is 12.1 Å². The van der Waals surface area contributed by atoms with Gasteiger partial charge in [0.2, 0.25) is 0 Å². The lowest BCUT2D eigenvalue weighted by Crippen LogP contribution is -2.34. The molecule has 0 spiro atoms. The van der Waals surface area contributed by atoms with E-state index in [4.69, 9.17) is 0 Å². The van der Waals surface area contributed by atoms with Crippen LogP contribution in [0, 0.1) is 0 Å². The summed E-state index contributed by atoms with van der Waals surface area (Å²) in [5.74, 6) is 0. The topological polar surface area (TPSA) is 12.0 Å². The van der Waals surface area contributed by atoms with Gasteiger partial charge in [-0.2, -0.15) is 0 Å². The number of rotatable bonds is 1. The van der Waals surface area contributed by atoms with Gasteiger partial charge in [-0.15, -0.1) is 12.4 Å². The normalized spacial score (nSPS) is 34.0. The van der Waals surface area contributed by atoms with E-state index in [9.17, 15) is 0 Å². The molecule has 2 heteroatoms. The maximum Gasteiger partial charge on any atom is 0.0151 e. The highest BCUT2D eigenvalue weighted by Gasteiger charge is 2.24. The molecule has 0 amide bonds. The molecule has 9 heavy (non-hydrogen) atoms. The Hall–Kier alpha value is 0.250. The molecule has 1 N–H and O–H groups in total. The molecule has 1 rings (SSSR count). The summed E-state index contributed by atoms with van der Waals surface area (Å²) in [6, 6.07) is 0. The standard InChI is InChI=1S/C7H15N.ClH/c1-3-7(2)5-4-6-8-7;/h8H,3-6H2,1-2H3;1H/t7-;/m0./s1. The highest BCUT2D eigenvalue weighted by atomic mass is 35.5. The molecule has 1 aliphatic rings. The molecule has 0 unspecified atom stereocenters. The molecule has 0 aromatic heterocycles. The Morgan fingerprint density at radius 1 is 1.56 bits per heavy atom. The molecule has 1 aliphatic heterocycles. The van der Waals surface area contributed by atoms with Gasteiger partial charge in [-0.1, -0.05) is 6.92 Å². The molecular weight excluding hydrogens is 134 g/mol. The Morgan fingerprint density at radius 2 is 2.22 bits per heavy atom. The van der Waals surface area contributed by atoms with Gasteiger partial charge in [0.05, 0.1) is 0 Å². The van der Waals surface area contributed by atoms with Crippen LogP contribution < -0.4 is 5.32 Å². The van der Waals surface area contributed by atoms with E-state index in [0.29, 0.717) is 5.54 Å². The average molecular weight is 150 g/mol. The van der Waals surface area contributed by atoms with Gasteiger partial charge >= 0.3 is 0 Å². The highest BCUT2D eigenvalue weighted by Crippen LogP contribution is 2.20. The van der Waals surface area contributed by atoms with E-state index in [2.05, 4.69) is 19.2 Å². The Bertz CT molecular complexity index is 77.0. The van der Waals surface area contributed by atoms with Crippen LogP contribution >= 0.6 is 12.4 Å². The minimum absolute atomic E-state index is 0. The maximum atomic E-state index is 3.48. The van der Waals surface area contributed by atoms with Crippen molar-refractivity contribution in [1.82, 2.24) is 5.32 Å². The zero-order valence-corrected chi connectivity index (χ0v) is 7.05. The summed E-state index contributed by atoms with van der Waals surface area (Å²) < 4.78 is 0. The number of hydrogen-bond donors (Lipinski definition) is 1. The molecule has 1 atom stereocenters. The first-order valence-electron chi connectivity index (χ1n) is 3.52. The van der Waals surface area contributed by atoms with Crippen LogP contribution in [0.3, 0.4) is 0 Å². The molecule has 0 bridgehead atoms. The van der Waals surface area contributed by atoms with Crippen molar-refractivity contribution in [2.45, 2.75) is 38.6 Å². The first-order chi connectivity index (χ1) is 3.77. The Kier molecular flexibility index (Phi) is 3.52. The zero-order chi connectivity index (χ0) is 6.04. The smallest absolute Gasteiger partial charge is 0.0151 e. The van der Waals surface area contributed by atoms with Gasteiger partial charge in [-0.05, 0) is 32.7 Å². The fourth-order valence-electron chi connectivity index (χ4n) is 1.26. The molecule has 0 saturated carbocycles. The SMILES string of the molecule is CC[C@@]1(C)CCCN1.Cl. The molecule has 1 fully saturated rings. The third-order valence-electron chi connectivity index (χ3n) is 2.24. The molecule has 56 valence electrons. The van der Waals surface area contributed by atoms with Gasteiger partial charge in [0.25, 0.3) is 0 Å². The lowest BCUT2D eigenvalue weighted by atomic mass is 9.98. The van der Waals surface area contributed by atoms with Crippen molar-refractivity contribution in [2.24, 2.45) is 0 Å². The fourth-order valence-corrected chi connectivity index (χ4v) is 1.26. The van der Waals surface area contributed by atoms with Crippen LogP contribution in [0.4, 0.5) is 0 Å². The zero-order valence-electron chi connectivity index (χ0n) is 6.24. The number of nitrogens with one attached hydrogen (secondary N) is 1. The summed E-state index contributed by atoms with van der Waals surface area (Å²) in [7, 11) is 0. The Labute approximate surface area is 63.6 Å². The first kappa shape index (κ1) is 9.25. The molecule has 1 saturated heterocycles. The van der Waals surface area contributed by atoms with Crippen LogP contribution in [0.5, 0.6) is 0 Å². The van der Waals surface area contributed by atoms with Crippen molar-refractivity contribution in [3.05, 3.63) is 0 Å². The van der Waals surface area contributed by atoms with E-state index >= 15 is 0 Å². The van der Waals surface area contributed by atoms with Crippen LogP contribution in [0.2, 0.25) is 0 Å². The predicted molar refractivity (Wildman–Crippen MR) is 43.2 cm³/mol. The molecule has 0 aliphatic carbocycles. The van der Waals surface area contributed by atoms with Crippen molar-refractivity contribution in [3.8, 4) is 0 Å². The van der Waals surface area contributed by atoms with Gasteiger partial charge in [-0.3, -0.25) is 0 Å². The summed E-state index contributed by atoms with van der Waals surface area (Å²) in [6.07, 6.45) is 4.00. The van der Waals surface area contributed by atoms with E-state index in [0.717, 1.165) is 0 Å². The third-order valence-corrected chi connectivity index (χ3v) is 2.24. The quantitative estimate of drug-likeness (QED) is 0.601. The Balaban J connectivity index is 0.000000640. The first-order valence-corrected chi connectivity index (χ1v) is 3.52. The van der Waals surface area contributed by atoms with E-state index in [1.807, 2.05) is 0 Å². The van der Waals surface area contributed by atoms with Gasteiger partial charge in [-0.25, -0.2) is 0 Å². The maximum absolute atomic E-state index is 3.48. The van der Waals surface area contributed by atoms with Crippen molar-refractivity contribution < 1.29 is 0 Å². The fraction of sp³-hybridized carbons (Fsp3) is 1.00. The van der Waals surface area contributed by atoms with Gasteiger partial charge < -0.3 is 5.32 Å². The minimum Gasteiger partial charge on any atom is -0.312 e. The van der Waals surface area contributed by atoms with E-state index < -0.39 is 0 Å². The molecule has 0 aromatic carbocycles. The van der Waals surface area contributed by atoms with Crippen molar-refractivity contribution >= 4 is 12.4 Å². The van der Waals surface area contributed by atoms with Gasteiger partial charge in [0, 0.05) is 5.54 Å². The highest BCUT2D eigenvalue weighted by molar-refractivity contribution is 5.85. The van der Waals surface area contributed by atoms with Crippen molar-refractivity contribution in [3.63, 3.8) is 0 Å². The van der Waals surface area contributed by atoms with Crippen LogP contribution in [0.15, 0.2) is 0 Å². The summed E-state index contributed by atoms with van der Waals surface area (Å²) >= 11 is 0. The molecule has 0 radical (unpaired) electrons. The van der Waals surface area contributed by atoms with Gasteiger partial charge in [0.15, 0.2) is 0 Å². The number of hydrogen-bond acceptors (Lipinski definition) is 1. The van der Waals surface area contributed by atoms with Crippen LogP contribution in [0.25, 0.3) is 0 Å². The second kappa shape index (κ2) is 3.43. The predicted octanol–water partition coefficient (Wildman–Crippen LogP) is 1.96. The van der Waals surface area contributed by atoms with Crippen molar-refractivity contribution in [2.75, 3.05) is 6.54 Å². The largest absolute Gasteiger partial charge is 0.312 e. The monoisotopic (exact) mass is 149 g/mol. The van der Waals surface area contributed by atoms with E-state index in [-0.39, 0.29) is 12.4 Å². The molecule has 1 heterocycles. The Morgan fingerprint density at radius 3 is 2.44 bits per heavy atom. The molecule has 1 nitrogen and oxygen atoms in total. The van der Waals surface area contributed by atoms with Crippen molar-refractivity contribution in [1.29, 1.82) is 0 Å². The second-order valence-electron chi connectivity index (χ2n) is 2.94. The minimum atomic E-state index is 0. The molecular formula is C7H16ClN. The number of halogens is 1. The molecule has 0 aromatic rings. The van der Waals surface area contributed by atoms with Crippen LogP contribution in [-0.2, 0) is 0 Å². The summed E-state index contributed by atoms with van der Waals surface area (Å²) in [5, 5.41) is 3.48. The lowest BCUT2D eigenvalue weighted by molar-refractivity contribution is 0.401. The summed E-state index contributed by atoms with van der Waals surface area (Å²) in [5.41, 5.74) is 0.486. The van der Waals surface area contributed by atoms with Gasteiger partial charge in [0.1, 0.15) is 0 Å².